The van der Waals surface area contributed by atoms with Crippen LogP contribution < -0.4 is 0 Å². The Kier molecular flexibility index (Phi) is 2.07. The highest BCUT2D eigenvalue weighted by Crippen LogP contribution is 2.37. The van der Waals surface area contributed by atoms with Gasteiger partial charge < -0.3 is 14.9 Å². The topological polar surface area (TPSA) is 66.8 Å². The number of fused-ring (bicyclic) bond motifs is 1. The lowest BCUT2D eigenvalue weighted by Crippen LogP contribution is -2.26. The first-order valence-corrected chi connectivity index (χ1v) is 4.76. The molecule has 0 aromatic heterocycles. The van der Waals surface area contributed by atoms with Crippen molar-refractivity contribution in [3.63, 3.8) is 0 Å². The Hall–Kier alpha value is -1.71. The molecule has 0 bridgehead atoms. The summed E-state index contributed by atoms with van der Waals surface area (Å²) in [6, 6.07) is 1.46. The normalized spacial score (nSPS) is 19.6. The highest BCUT2D eigenvalue weighted by atomic mass is 16.5. The average Bonchev–Trinajstić information content (AvgIpc) is 2.13. The maximum atomic E-state index is 11.5. The van der Waals surface area contributed by atoms with Gasteiger partial charge in [-0.2, -0.15) is 0 Å². The van der Waals surface area contributed by atoms with Crippen LogP contribution in [-0.4, -0.2) is 22.3 Å². The third-order valence-corrected chi connectivity index (χ3v) is 2.61. The fourth-order valence-corrected chi connectivity index (χ4v) is 1.88. The van der Waals surface area contributed by atoms with E-state index in [0.717, 1.165) is 11.1 Å². The number of hydrogen-bond acceptors (Lipinski definition) is 4. The number of ether oxygens (including phenoxy) is 1. The molecule has 0 aliphatic carbocycles. The molecule has 1 heterocycles. The highest BCUT2D eigenvalue weighted by Gasteiger charge is 2.29. The van der Waals surface area contributed by atoms with Gasteiger partial charge in [-0.25, -0.2) is 4.79 Å². The van der Waals surface area contributed by atoms with Gasteiger partial charge in [0.1, 0.15) is 11.7 Å². The zero-order chi connectivity index (χ0) is 11.2. The van der Waals surface area contributed by atoms with Gasteiger partial charge >= 0.3 is 5.97 Å². The number of hydrogen-bond donors (Lipinski definition) is 2. The van der Waals surface area contributed by atoms with Crippen molar-refractivity contribution in [2.45, 2.75) is 26.4 Å². The van der Waals surface area contributed by atoms with Crippen LogP contribution in [0, 0.1) is 6.92 Å². The summed E-state index contributed by atoms with van der Waals surface area (Å²) in [5.74, 6) is -1.23. The maximum absolute atomic E-state index is 11.5. The molecule has 0 amide bonds. The van der Waals surface area contributed by atoms with Gasteiger partial charge in [-0.1, -0.05) is 0 Å². The molecule has 0 saturated carbocycles. The molecule has 0 spiro atoms. The van der Waals surface area contributed by atoms with Crippen molar-refractivity contribution in [1.29, 1.82) is 0 Å². The number of phenolic OH excluding ortho intramolecular Hbond substituents is 2. The van der Waals surface area contributed by atoms with E-state index in [1.165, 1.54) is 6.07 Å². The molecule has 0 fully saturated rings. The van der Waals surface area contributed by atoms with Gasteiger partial charge in [0.05, 0.1) is 0 Å². The van der Waals surface area contributed by atoms with Crippen LogP contribution in [0.5, 0.6) is 11.5 Å². The van der Waals surface area contributed by atoms with Gasteiger partial charge in [0.15, 0.2) is 11.5 Å². The fourth-order valence-electron chi connectivity index (χ4n) is 1.88. The van der Waals surface area contributed by atoms with Gasteiger partial charge in [-0.15, -0.1) is 0 Å². The molecule has 1 unspecified atom stereocenters. The lowest BCUT2D eigenvalue weighted by molar-refractivity contribution is 0.0295. The highest BCUT2D eigenvalue weighted by molar-refractivity contribution is 5.96. The summed E-state index contributed by atoms with van der Waals surface area (Å²) < 4.78 is 4.99. The second-order valence-corrected chi connectivity index (χ2v) is 3.83. The van der Waals surface area contributed by atoms with E-state index < -0.39 is 5.97 Å². The van der Waals surface area contributed by atoms with Crippen LogP contribution >= 0.6 is 0 Å². The number of benzene rings is 1. The molecule has 1 aromatic rings. The van der Waals surface area contributed by atoms with Crippen molar-refractivity contribution in [2.75, 3.05) is 0 Å². The Morgan fingerprint density at radius 3 is 2.80 bits per heavy atom. The van der Waals surface area contributed by atoms with E-state index in [4.69, 9.17) is 4.74 Å². The molecule has 1 aliphatic heterocycles. The van der Waals surface area contributed by atoms with Crippen LogP contribution in [-0.2, 0) is 11.2 Å². The van der Waals surface area contributed by atoms with Gasteiger partial charge in [-0.3, -0.25) is 0 Å². The summed E-state index contributed by atoms with van der Waals surface area (Å²) >= 11 is 0. The van der Waals surface area contributed by atoms with Crippen molar-refractivity contribution < 1.29 is 19.7 Å². The van der Waals surface area contributed by atoms with Crippen molar-refractivity contribution in [2.24, 2.45) is 0 Å². The van der Waals surface area contributed by atoms with E-state index in [9.17, 15) is 15.0 Å². The van der Waals surface area contributed by atoms with Gasteiger partial charge in [0, 0.05) is 6.42 Å². The molecule has 1 aromatic carbocycles. The molecule has 80 valence electrons. The third-order valence-electron chi connectivity index (χ3n) is 2.61. The summed E-state index contributed by atoms with van der Waals surface area (Å²) in [5, 5.41) is 19.0. The van der Waals surface area contributed by atoms with Gasteiger partial charge in [0.25, 0.3) is 0 Å². The SMILES string of the molecule is Cc1cc(O)c(O)c2c1CC(C)OC2=O. The van der Waals surface area contributed by atoms with Gasteiger partial charge in [0.2, 0.25) is 0 Å². The van der Waals surface area contributed by atoms with Crippen molar-refractivity contribution in [3.8, 4) is 11.5 Å². The van der Waals surface area contributed by atoms with E-state index in [-0.39, 0.29) is 23.2 Å². The maximum Gasteiger partial charge on any atom is 0.342 e. The first-order chi connectivity index (χ1) is 7.00. The number of esters is 1. The number of aromatic hydroxyl groups is 2. The van der Waals surface area contributed by atoms with E-state index in [0.29, 0.717) is 6.42 Å². The molecule has 0 saturated heterocycles. The van der Waals surface area contributed by atoms with E-state index in [1.807, 2.05) is 0 Å². The molecule has 0 radical (unpaired) electrons. The number of phenols is 2. The number of rotatable bonds is 0. The first-order valence-electron chi connectivity index (χ1n) is 4.76. The Bertz CT molecular complexity index is 437. The van der Waals surface area contributed by atoms with Crippen LogP contribution in [0.3, 0.4) is 0 Å². The predicted octanol–water partition coefficient (Wildman–Crippen LogP) is 1.51. The minimum absolute atomic E-state index is 0.102. The predicted molar refractivity (Wildman–Crippen MR) is 53.1 cm³/mol. The molecule has 4 nitrogen and oxygen atoms in total. The minimum Gasteiger partial charge on any atom is -0.504 e. The Balaban J connectivity index is 2.69. The number of aryl methyl sites for hydroxylation is 1. The molecule has 1 atom stereocenters. The van der Waals surface area contributed by atoms with Crippen LogP contribution in [0.15, 0.2) is 6.07 Å². The summed E-state index contributed by atoms with van der Waals surface area (Å²) in [7, 11) is 0. The standard InChI is InChI=1S/C11H12O4/c1-5-3-8(12)10(13)9-7(5)4-6(2)15-11(9)14/h3,6,12-13H,4H2,1-2H3. The van der Waals surface area contributed by atoms with Crippen molar-refractivity contribution in [1.82, 2.24) is 0 Å². The average molecular weight is 208 g/mol. The van der Waals surface area contributed by atoms with Crippen LogP contribution in [0.4, 0.5) is 0 Å². The van der Waals surface area contributed by atoms with E-state index >= 15 is 0 Å². The Morgan fingerprint density at radius 2 is 2.13 bits per heavy atom. The molecule has 4 heteroatoms. The second-order valence-electron chi connectivity index (χ2n) is 3.83. The monoisotopic (exact) mass is 208 g/mol. The Morgan fingerprint density at radius 1 is 1.47 bits per heavy atom. The minimum atomic E-state index is -0.569. The largest absolute Gasteiger partial charge is 0.504 e. The molecule has 15 heavy (non-hydrogen) atoms. The lowest BCUT2D eigenvalue weighted by atomic mass is 9.93. The van der Waals surface area contributed by atoms with Crippen molar-refractivity contribution >= 4 is 5.97 Å². The third kappa shape index (κ3) is 1.42. The summed E-state index contributed by atoms with van der Waals surface area (Å²) in [6.45, 7) is 3.59. The quantitative estimate of drug-likeness (QED) is 0.501. The molecular formula is C11H12O4. The molecular weight excluding hydrogens is 196 g/mol. The first kappa shape index (κ1) is 9.83. The van der Waals surface area contributed by atoms with E-state index in [1.54, 1.807) is 13.8 Å². The molecule has 2 N–H and O–H groups in total. The second kappa shape index (κ2) is 3.15. The van der Waals surface area contributed by atoms with Gasteiger partial charge in [-0.05, 0) is 31.0 Å². The van der Waals surface area contributed by atoms with Crippen LogP contribution in [0.1, 0.15) is 28.4 Å². The molecule has 2 rings (SSSR count). The summed E-state index contributed by atoms with van der Waals surface area (Å²) in [6.07, 6.45) is 0.383. The van der Waals surface area contributed by atoms with Crippen molar-refractivity contribution in [3.05, 3.63) is 22.8 Å². The fraction of sp³-hybridized carbons (Fsp3) is 0.364. The van der Waals surface area contributed by atoms with Crippen LogP contribution in [0.2, 0.25) is 0 Å². The summed E-state index contributed by atoms with van der Waals surface area (Å²) in [5.41, 5.74) is 1.66. The van der Waals surface area contributed by atoms with Crippen LogP contribution in [0.25, 0.3) is 0 Å². The van der Waals surface area contributed by atoms with E-state index in [2.05, 4.69) is 0 Å². The molecule has 1 aliphatic rings. The lowest BCUT2D eigenvalue weighted by Gasteiger charge is -2.24. The smallest absolute Gasteiger partial charge is 0.342 e. The number of carbonyl (C=O) groups is 1. The number of carbonyl (C=O) groups excluding carboxylic acids is 1. The zero-order valence-electron chi connectivity index (χ0n) is 8.57. The number of cyclic esters (lactones) is 1. The zero-order valence-corrected chi connectivity index (χ0v) is 8.57. The summed E-state index contributed by atoms with van der Waals surface area (Å²) in [4.78, 5) is 11.5. The Labute approximate surface area is 87.1 Å².